The van der Waals surface area contributed by atoms with Crippen LogP contribution < -0.4 is 5.84 Å². The van der Waals surface area contributed by atoms with E-state index in [0.717, 1.165) is 5.56 Å². The summed E-state index contributed by atoms with van der Waals surface area (Å²) < 4.78 is 0. The number of hydrazone groups is 1. The fourth-order valence-corrected chi connectivity index (χ4v) is 1.69. The fourth-order valence-electron chi connectivity index (χ4n) is 1.50. The van der Waals surface area contributed by atoms with E-state index in [1.165, 1.54) is 23.5 Å². The number of hydrogen-bond donors (Lipinski definition) is 1. The molecule has 7 nitrogen and oxygen atoms in total. The summed E-state index contributed by atoms with van der Waals surface area (Å²) >= 11 is 5.72. The summed E-state index contributed by atoms with van der Waals surface area (Å²) in [5.41, 5.74) is 0.658. The van der Waals surface area contributed by atoms with E-state index in [0.29, 0.717) is 13.2 Å². The molecular formula is C9H10ClN5O2. The van der Waals surface area contributed by atoms with Crippen LogP contribution in [-0.4, -0.2) is 27.9 Å². The molecule has 0 bridgehead atoms. The molecule has 8 heteroatoms. The van der Waals surface area contributed by atoms with Gasteiger partial charge in [-0.25, -0.2) is 5.84 Å². The second-order valence-electron chi connectivity index (χ2n) is 3.59. The zero-order valence-corrected chi connectivity index (χ0v) is 9.54. The van der Waals surface area contributed by atoms with Crippen molar-refractivity contribution >= 4 is 23.6 Å². The van der Waals surface area contributed by atoms with Crippen LogP contribution in [0.5, 0.6) is 0 Å². The predicted octanol–water partition coefficient (Wildman–Crippen LogP) is 1.14. The number of nitro groups is 1. The molecule has 0 amide bonds. The van der Waals surface area contributed by atoms with Crippen LogP contribution in [0, 0.1) is 10.1 Å². The van der Waals surface area contributed by atoms with Crippen molar-refractivity contribution < 1.29 is 4.92 Å². The van der Waals surface area contributed by atoms with Crippen LogP contribution in [-0.2, 0) is 6.54 Å². The Morgan fingerprint density at radius 2 is 2.35 bits per heavy atom. The fraction of sp³-hybridized carbons (Fsp3) is 0.222. The van der Waals surface area contributed by atoms with Gasteiger partial charge in [0.05, 0.1) is 11.5 Å². The maximum Gasteiger partial charge on any atom is 0.288 e. The Kier molecular flexibility index (Phi) is 3.12. The van der Waals surface area contributed by atoms with Crippen molar-refractivity contribution in [1.82, 2.24) is 10.0 Å². The minimum Gasteiger partial charge on any atom is -0.278 e. The minimum absolute atomic E-state index is 0.100. The third kappa shape index (κ3) is 2.63. The summed E-state index contributed by atoms with van der Waals surface area (Å²) in [5, 5.41) is 18.0. The summed E-state index contributed by atoms with van der Waals surface area (Å²) in [6, 6.07) is 4.68. The number of benzene rings is 1. The minimum atomic E-state index is -0.506. The molecule has 1 aliphatic rings. The van der Waals surface area contributed by atoms with E-state index >= 15 is 0 Å². The van der Waals surface area contributed by atoms with E-state index in [2.05, 4.69) is 5.10 Å². The highest BCUT2D eigenvalue weighted by atomic mass is 35.5. The van der Waals surface area contributed by atoms with Gasteiger partial charge in [0.1, 0.15) is 18.0 Å². The second-order valence-corrected chi connectivity index (χ2v) is 4.00. The normalized spacial score (nSPS) is 14.5. The van der Waals surface area contributed by atoms with Crippen LogP contribution in [0.25, 0.3) is 0 Å². The Bertz CT molecular complexity index is 478. The molecule has 0 saturated heterocycles. The monoisotopic (exact) mass is 255 g/mol. The second kappa shape index (κ2) is 4.56. The lowest BCUT2D eigenvalue weighted by Gasteiger charge is -2.15. The first kappa shape index (κ1) is 11.6. The van der Waals surface area contributed by atoms with Gasteiger partial charge in [-0.15, -0.1) is 0 Å². The van der Waals surface area contributed by atoms with Gasteiger partial charge in [0.15, 0.2) is 0 Å². The topological polar surface area (TPSA) is 88.0 Å². The Labute approximate surface area is 102 Å². The highest BCUT2D eigenvalue weighted by Gasteiger charge is 2.15. The van der Waals surface area contributed by atoms with E-state index in [9.17, 15) is 10.1 Å². The van der Waals surface area contributed by atoms with Gasteiger partial charge in [-0.1, -0.05) is 17.7 Å². The standard InChI is InChI=1S/C9H10ClN5O2/c10-8-2-1-7(3-9(8)15(16)17)4-14-6-13(11)5-12-14/h1-3,5H,4,6,11H2. The molecule has 0 spiro atoms. The molecule has 1 aromatic carbocycles. The van der Waals surface area contributed by atoms with Crippen LogP contribution in [0.4, 0.5) is 5.69 Å². The van der Waals surface area contributed by atoms with Gasteiger partial charge in [-0.3, -0.25) is 20.1 Å². The number of hydrazine groups is 1. The van der Waals surface area contributed by atoms with Gasteiger partial charge in [0.2, 0.25) is 0 Å². The number of nitro benzene ring substituents is 1. The van der Waals surface area contributed by atoms with Crippen molar-refractivity contribution in [1.29, 1.82) is 0 Å². The SMILES string of the molecule is NN1C=NN(Cc2ccc(Cl)c([N+](=O)[O-])c2)C1. The Morgan fingerprint density at radius 1 is 1.59 bits per heavy atom. The van der Waals surface area contributed by atoms with Gasteiger partial charge >= 0.3 is 0 Å². The van der Waals surface area contributed by atoms with Crippen LogP contribution in [0.1, 0.15) is 5.56 Å². The number of hydrogen-bond acceptors (Lipinski definition) is 6. The smallest absolute Gasteiger partial charge is 0.278 e. The van der Waals surface area contributed by atoms with Crippen LogP contribution in [0.15, 0.2) is 23.3 Å². The Balaban J connectivity index is 2.14. The van der Waals surface area contributed by atoms with Crippen LogP contribution in [0.3, 0.4) is 0 Å². The summed E-state index contributed by atoms with van der Waals surface area (Å²) in [4.78, 5) is 10.2. The quantitative estimate of drug-likeness (QED) is 0.497. The van der Waals surface area contributed by atoms with Gasteiger partial charge in [-0.05, 0) is 11.6 Å². The largest absolute Gasteiger partial charge is 0.288 e. The van der Waals surface area contributed by atoms with Crippen molar-refractivity contribution in [3.8, 4) is 0 Å². The van der Waals surface area contributed by atoms with Gasteiger partial charge < -0.3 is 0 Å². The molecule has 1 aromatic rings. The summed E-state index contributed by atoms with van der Waals surface area (Å²) in [7, 11) is 0. The van der Waals surface area contributed by atoms with Gasteiger partial charge in [-0.2, -0.15) is 5.10 Å². The van der Waals surface area contributed by atoms with Crippen molar-refractivity contribution in [3.63, 3.8) is 0 Å². The Morgan fingerprint density at radius 3 is 2.94 bits per heavy atom. The number of halogens is 1. The molecule has 1 heterocycles. The average Bonchev–Trinajstić information content (AvgIpc) is 2.66. The molecule has 2 N–H and O–H groups in total. The highest BCUT2D eigenvalue weighted by Crippen LogP contribution is 2.25. The first-order chi connectivity index (χ1) is 8.06. The molecule has 0 fully saturated rings. The lowest BCUT2D eigenvalue weighted by Crippen LogP contribution is -2.31. The van der Waals surface area contributed by atoms with Crippen molar-refractivity contribution in [2.75, 3.05) is 6.67 Å². The molecule has 0 aromatic heterocycles. The molecule has 0 aliphatic carbocycles. The first-order valence-corrected chi connectivity index (χ1v) is 5.17. The molecule has 0 atom stereocenters. The summed E-state index contributed by atoms with van der Waals surface area (Å²) in [6.07, 6.45) is 1.49. The first-order valence-electron chi connectivity index (χ1n) is 4.79. The van der Waals surface area contributed by atoms with Crippen LogP contribution >= 0.6 is 11.6 Å². The molecule has 0 unspecified atom stereocenters. The number of nitrogens with two attached hydrogens (primary N) is 1. The van der Waals surface area contributed by atoms with Gasteiger partial charge in [0.25, 0.3) is 5.69 Å². The van der Waals surface area contributed by atoms with Crippen LogP contribution in [0.2, 0.25) is 5.02 Å². The lowest BCUT2D eigenvalue weighted by molar-refractivity contribution is -0.384. The van der Waals surface area contributed by atoms with Crippen molar-refractivity contribution in [2.24, 2.45) is 10.9 Å². The molecule has 0 saturated carbocycles. The van der Waals surface area contributed by atoms with E-state index in [4.69, 9.17) is 17.4 Å². The maximum atomic E-state index is 10.7. The molecule has 0 radical (unpaired) electrons. The van der Waals surface area contributed by atoms with E-state index < -0.39 is 4.92 Å². The maximum absolute atomic E-state index is 10.7. The van der Waals surface area contributed by atoms with E-state index in [1.807, 2.05) is 0 Å². The van der Waals surface area contributed by atoms with E-state index in [1.54, 1.807) is 11.1 Å². The molecule has 1 aliphatic heterocycles. The summed E-state index contributed by atoms with van der Waals surface area (Å²) in [5.74, 6) is 5.49. The zero-order chi connectivity index (χ0) is 12.4. The van der Waals surface area contributed by atoms with Crippen molar-refractivity contribution in [2.45, 2.75) is 6.54 Å². The lowest BCUT2D eigenvalue weighted by atomic mass is 10.2. The average molecular weight is 256 g/mol. The Hall–Kier alpha value is -1.86. The van der Waals surface area contributed by atoms with Gasteiger partial charge in [0, 0.05) is 6.07 Å². The molecule has 17 heavy (non-hydrogen) atoms. The van der Waals surface area contributed by atoms with E-state index in [-0.39, 0.29) is 10.7 Å². The number of rotatable bonds is 3. The molecular weight excluding hydrogens is 246 g/mol. The summed E-state index contributed by atoms with van der Waals surface area (Å²) in [6.45, 7) is 0.901. The number of nitrogens with zero attached hydrogens (tertiary/aromatic N) is 4. The molecule has 2 rings (SSSR count). The third-order valence-corrected chi connectivity index (χ3v) is 2.58. The molecule has 90 valence electrons. The predicted molar refractivity (Wildman–Crippen MR) is 63.0 cm³/mol. The van der Waals surface area contributed by atoms with Crippen molar-refractivity contribution in [3.05, 3.63) is 38.9 Å². The zero-order valence-electron chi connectivity index (χ0n) is 8.78. The third-order valence-electron chi connectivity index (χ3n) is 2.26. The highest BCUT2D eigenvalue weighted by molar-refractivity contribution is 6.32.